The van der Waals surface area contributed by atoms with Gasteiger partial charge in [-0.1, -0.05) is 31.2 Å². The van der Waals surface area contributed by atoms with Crippen LogP contribution in [0.5, 0.6) is 0 Å². The van der Waals surface area contributed by atoms with Crippen molar-refractivity contribution in [3.63, 3.8) is 0 Å². The van der Waals surface area contributed by atoms with E-state index < -0.39 is 0 Å². The molecule has 0 aliphatic carbocycles. The number of carbonyl (C=O) groups excluding carboxylic acids is 2. The predicted molar refractivity (Wildman–Crippen MR) is 91.4 cm³/mol. The van der Waals surface area contributed by atoms with E-state index in [1.54, 1.807) is 26.2 Å². The minimum atomic E-state index is -0.0962. The summed E-state index contributed by atoms with van der Waals surface area (Å²) in [5.41, 5.74) is 3.46. The van der Waals surface area contributed by atoms with Gasteiger partial charge in [0.1, 0.15) is 0 Å². The van der Waals surface area contributed by atoms with Crippen LogP contribution in [0, 0.1) is 0 Å². The molecule has 0 unspecified atom stereocenters. The lowest BCUT2D eigenvalue weighted by atomic mass is 10.1. The fraction of sp³-hybridized carbons (Fsp3) is 0.263. The van der Waals surface area contributed by atoms with Crippen LogP contribution in [0.3, 0.4) is 0 Å². The minimum absolute atomic E-state index is 0.0309. The monoisotopic (exact) mass is 310 g/mol. The van der Waals surface area contributed by atoms with Gasteiger partial charge in [-0.2, -0.15) is 0 Å². The fourth-order valence-electron chi connectivity index (χ4n) is 2.20. The van der Waals surface area contributed by atoms with Crippen molar-refractivity contribution in [1.29, 1.82) is 0 Å². The second-order valence-corrected chi connectivity index (χ2v) is 5.63. The number of hydrogen-bond donors (Lipinski definition) is 1. The van der Waals surface area contributed by atoms with Crippen molar-refractivity contribution < 1.29 is 9.59 Å². The third-order valence-corrected chi connectivity index (χ3v) is 3.68. The number of amides is 2. The van der Waals surface area contributed by atoms with Crippen molar-refractivity contribution >= 4 is 11.8 Å². The minimum Gasteiger partial charge on any atom is -0.348 e. The van der Waals surface area contributed by atoms with E-state index in [0.29, 0.717) is 17.7 Å². The first kappa shape index (κ1) is 16.7. The van der Waals surface area contributed by atoms with Crippen LogP contribution < -0.4 is 5.32 Å². The molecule has 0 aromatic heterocycles. The van der Waals surface area contributed by atoms with Crippen LogP contribution >= 0.6 is 0 Å². The molecule has 2 rings (SSSR count). The first-order chi connectivity index (χ1) is 11.0. The van der Waals surface area contributed by atoms with Crippen LogP contribution in [0.1, 0.15) is 38.8 Å². The molecular weight excluding hydrogens is 288 g/mol. The lowest BCUT2D eigenvalue weighted by Crippen LogP contribution is -2.23. The molecule has 0 aliphatic rings. The molecule has 4 heteroatoms. The number of carbonyl (C=O) groups is 2. The van der Waals surface area contributed by atoms with E-state index in [1.807, 2.05) is 36.4 Å². The van der Waals surface area contributed by atoms with E-state index in [4.69, 9.17) is 0 Å². The van der Waals surface area contributed by atoms with Gasteiger partial charge in [-0.25, -0.2) is 0 Å². The zero-order valence-electron chi connectivity index (χ0n) is 13.8. The zero-order chi connectivity index (χ0) is 16.8. The number of benzene rings is 2. The molecule has 0 saturated heterocycles. The average molecular weight is 310 g/mol. The van der Waals surface area contributed by atoms with E-state index in [2.05, 4.69) is 12.2 Å². The van der Waals surface area contributed by atoms with E-state index in [1.165, 1.54) is 10.5 Å². The van der Waals surface area contributed by atoms with Crippen molar-refractivity contribution in [2.45, 2.75) is 19.9 Å². The number of rotatable bonds is 5. The lowest BCUT2D eigenvalue weighted by Gasteiger charge is -2.11. The Morgan fingerprint density at radius 1 is 0.870 bits per heavy atom. The van der Waals surface area contributed by atoms with Crippen molar-refractivity contribution in [3.8, 4) is 0 Å². The van der Waals surface area contributed by atoms with Crippen molar-refractivity contribution in [2.75, 3.05) is 14.1 Å². The lowest BCUT2D eigenvalue weighted by molar-refractivity contribution is 0.0827. The predicted octanol–water partition coefficient (Wildman–Crippen LogP) is 2.88. The zero-order valence-corrected chi connectivity index (χ0v) is 13.8. The average Bonchev–Trinajstić information content (AvgIpc) is 2.59. The molecule has 0 bridgehead atoms. The van der Waals surface area contributed by atoms with E-state index >= 15 is 0 Å². The highest BCUT2D eigenvalue weighted by Gasteiger charge is 2.08. The number of nitrogens with zero attached hydrogens (tertiary/aromatic N) is 1. The fourth-order valence-corrected chi connectivity index (χ4v) is 2.20. The molecule has 0 heterocycles. The van der Waals surface area contributed by atoms with Gasteiger partial charge < -0.3 is 10.2 Å². The van der Waals surface area contributed by atoms with Gasteiger partial charge in [0, 0.05) is 31.8 Å². The molecule has 0 aliphatic heterocycles. The van der Waals surface area contributed by atoms with Gasteiger partial charge in [0.15, 0.2) is 0 Å². The summed E-state index contributed by atoms with van der Waals surface area (Å²) < 4.78 is 0. The van der Waals surface area contributed by atoms with Crippen molar-refractivity contribution in [3.05, 3.63) is 70.8 Å². The summed E-state index contributed by atoms with van der Waals surface area (Å²) in [6.45, 7) is 2.52. The second kappa shape index (κ2) is 7.58. The molecule has 2 aromatic rings. The SMILES string of the molecule is CCc1ccc(C(=O)NCc2ccc(C(=O)N(C)C)cc2)cc1. The van der Waals surface area contributed by atoms with E-state index in [9.17, 15) is 9.59 Å². The van der Waals surface area contributed by atoms with Gasteiger partial charge in [-0.05, 0) is 41.8 Å². The highest BCUT2D eigenvalue weighted by Crippen LogP contribution is 2.08. The highest BCUT2D eigenvalue weighted by molar-refractivity contribution is 5.94. The molecule has 0 radical (unpaired) electrons. The molecule has 2 amide bonds. The summed E-state index contributed by atoms with van der Waals surface area (Å²) in [6, 6.07) is 14.9. The Morgan fingerprint density at radius 3 is 1.91 bits per heavy atom. The molecule has 4 nitrogen and oxygen atoms in total. The number of aryl methyl sites for hydroxylation is 1. The van der Waals surface area contributed by atoms with Crippen LogP contribution in [0.2, 0.25) is 0 Å². The normalized spacial score (nSPS) is 10.2. The van der Waals surface area contributed by atoms with Gasteiger partial charge >= 0.3 is 0 Å². The van der Waals surface area contributed by atoms with Crippen molar-refractivity contribution in [2.24, 2.45) is 0 Å². The molecular formula is C19H22N2O2. The molecule has 120 valence electrons. The molecule has 23 heavy (non-hydrogen) atoms. The number of hydrogen-bond acceptors (Lipinski definition) is 2. The summed E-state index contributed by atoms with van der Waals surface area (Å²) in [5.74, 6) is -0.127. The summed E-state index contributed by atoms with van der Waals surface area (Å²) in [4.78, 5) is 25.5. The summed E-state index contributed by atoms with van der Waals surface area (Å²) in [5, 5.41) is 2.89. The van der Waals surface area contributed by atoms with E-state index in [0.717, 1.165) is 12.0 Å². The maximum atomic E-state index is 12.1. The largest absolute Gasteiger partial charge is 0.348 e. The van der Waals surface area contributed by atoms with Gasteiger partial charge in [-0.15, -0.1) is 0 Å². The van der Waals surface area contributed by atoms with Crippen molar-refractivity contribution in [1.82, 2.24) is 10.2 Å². The third kappa shape index (κ3) is 4.42. The van der Waals surface area contributed by atoms with Crippen LogP contribution in [-0.2, 0) is 13.0 Å². The molecule has 2 aromatic carbocycles. The van der Waals surface area contributed by atoms with Gasteiger partial charge in [0.25, 0.3) is 11.8 Å². The number of nitrogens with one attached hydrogen (secondary N) is 1. The first-order valence-corrected chi connectivity index (χ1v) is 7.69. The quantitative estimate of drug-likeness (QED) is 0.923. The van der Waals surface area contributed by atoms with Crippen LogP contribution in [0.4, 0.5) is 0 Å². The molecule has 1 N–H and O–H groups in total. The molecule has 0 saturated carbocycles. The Hall–Kier alpha value is -2.62. The standard InChI is InChI=1S/C19H22N2O2/c1-4-14-5-9-16(10-6-14)18(22)20-13-15-7-11-17(12-8-15)19(23)21(2)3/h5-12H,4,13H2,1-3H3,(H,20,22). The Kier molecular flexibility index (Phi) is 5.52. The topological polar surface area (TPSA) is 49.4 Å². The highest BCUT2D eigenvalue weighted by atomic mass is 16.2. The summed E-state index contributed by atoms with van der Waals surface area (Å²) in [6.07, 6.45) is 0.958. The van der Waals surface area contributed by atoms with Crippen LogP contribution in [0.15, 0.2) is 48.5 Å². The Morgan fingerprint density at radius 2 is 1.39 bits per heavy atom. The molecule has 0 fully saturated rings. The summed E-state index contributed by atoms with van der Waals surface area (Å²) >= 11 is 0. The van der Waals surface area contributed by atoms with Crippen LogP contribution in [-0.4, -0.2) is 30.8 Å². The third-order valence-electron chi connectivity index (χ3n) is 3.68. The summed E-state index contributed by atoms with van der Waals surface area (Å²) in [7, 11) is 3.45. The van der Waals surface area contributed by atoms with Gasteiger partial charge in [0.2, 0.25) is 0 Å². The second-order valence-electron chi connectivity index (χ2n) is 5.63. The maximum absolute atomic E-state index is 12.1. The van der Waals surface area contributed by atoms with Crippen LogP contribution in [0.25, 0.3) is 0 Å². The molecule has 0 atom stereocenters. The molecule has 0 spiro atoms. The van der Waals surface area contributed by atoms with Gasteiger partial charge in [0.05, 0.1) is 0 Å². The first-order valence-electron chi connectivity index (χ1n) is 7.69. The Bertz CT molecular complexity index is 674. The Labute approximate surface area is 137 Å². The maximum Gasteiger partial charge on any atom is 0.253 e. The smallest absolute Gasteiger partial charge is 0.253 e. The van der Waals surface area contributed by atoms with E-state index in [-0.39, 0.29) is 11.8 Å². The van der Waals surface area contributed by atoms with Gasteiger partial charge in [-0.3, -0.25) is 9.59 Å². The Balaban J connectivity index is 1.94.